The highest BCUT2D eigenvalue weighted by atomic mass is 32.2. The quantitative estimate of drug-likeness (QED) is 0.429. The summed E-state index contributed by atoms with van der Waals surface area (Å²) in [6.07, 6.45) is 1.18. The van der Waals surface area contributed by atoms with Gasteiger partial charge in [-0.15, -0.1) is 0 Å². The van der Waals surface area contributed by atoms with E-state index in [4.69, 9.17) is 4.74 Å². The molecule has 2 aromatic rings. The summed E-state index contributed by atoms with van der Waals surface area (Å²) in [5.41, 5.74) is 1.90. The number of halogens is 1. The molecule has 0 spiro atoms. The maximum atomic E-state index is 13.6. The standard InChI is InChI=1S/C25H34FN3O6S/c1-15(2)23-21(12-11-19(30)13-20(31)14-22(32)35-16(3)4)24(17-7-9-18(26)10-8-17)28-25(27-23)29(5)36(6,33)34/h7-12,15-16,19-20,30-31H,13-14H2,1-6H3. The zero-order valence-corrected chi connectivity index (χ0v) is 22.2. The third-order valence-corrected chi connectivity index (χ3v) is 6.33. The number of hydrogen-bond acceptors (Lipinski definition) is 8. The minimum Gasteiger partial charge on any atom is -0.463 e. The van der Waals surface area contributed by atoms with E-state index < -0.39 is 34.0 Å². The molecule has 0 saturated heterocycles. The van der Waals surface area contributed by atoms with Crippen molar-refractivity contribution in [1.29, 1.82) is 0 Å². The third-order valence-electron chi connectivity index (χ3n) is 5.18. The van der Waals surface area contributed by atoms with Gasteiger partial charge in [0.2, 0.25) is 16.0 Å². The lowest BCUT2D eigenvalue weighted by molar-refractivity contribution is -0.149. The molecule has 0 amide bonds. The average Bonchev–Trinajstić information content (AvgIpc) is 2.75. The predicted octanol–water partition coefficient (Wildman–Crippen LogP) is 3.27. The van der Waals surface area contributed by atoms with E-state index in [2.05, 4.69) is 9.97 Å². The molecule has 2 atom stereocenters. The Morgan fingerprint density at radius 3 is 2.28 bits per heavy atom. The Bertz CT molecular complexity index is 1180. The van der Waals surface area contributed by atoms with Crippen LogP contribution in [0.4, 0.5) is 10.3 Å². The van der Waals surface area contributed by atoms with E-state index in [1.165, 1.54) is 37.4 Å². The second-order valence-electron chi connectivity index (χ2n) is 9.12. The lowest BCUT2D eigenvalue weighted by Crippen LogP contribution is -2.27. The van der Waals surface area contributed by atoms with Gasteiger partial charge in [-0.25, -0.2) is 27.1 Å². The first-order valence-electron chi connectivity index (χ1n) is 11.5. The summed E-state index contributed by atoms with van der Waals surface area (Å²) in [5.74, 6) is -1.21. The molecule has 0 aliphatic rings. The highest BCUT2D eigenvalue weighted by molar-refractivity contribution is 7.92. The van der Waals surface area contributed by atoms with Crippen LogP contribution in [0, 0.1) is 5.82 Å². The van der Waals surface area contributed by atoms with Crippen LogP contribution in [0.1, 0.15) is 57.7 Å². The summed E-state index contributed by atoms with van der Waals surface area (Å²) in [4.78, 5) is 20.7. The minimum atomic E-state index is -3.65. The van der Waals surface area contributed by atoms with Gasteiger partial charge in [-0.1, -0.05) is 26.0 Å². The number of rotatable bonds is 11. The third kappa shape index (κ3) is 8.35. The van der Waals surface area contributed by atoms with Gasteiger partial charge in [0.05, 0.1) is 42.4 Å². The summed E-state index contributed by atoms with van der Waals surface area (Å²) in [5, 5.41) is 20.6. The number of sulfonamides is 1. The van der Waals surface area contributed by atoms with Gasteiger partial charge in [-0.05, 0) is 44.0 Å². The smallest absolute Gasteiger partial charge is 0.308 e. The van der Waals surface area contributed by atoms with Gasteiger partial charge in [0.1, 0.15) is 5.82 Å². The number of carbonyl (C=O) groups is 1. The molecule has 1 heterocycles. The largest absolute Gasteiger partial charge is 0.463 e. The zero-order valence-electron chi connectivity index (χ0n) is 21.3. The number of aliphatic hydroxyl groups is 2. The molecular weight excluding hydrogens is 489 g/mol. The van der Waals surface area contributed by atoms with Crippen molar-refractivity contribution in [1.82, 2.24) is 9.97 Å². The van der Waals surface area contributed by atoms with Gasteiger partial charge < -0.3 is 14.9 Å². The molecular formula is C25H34FN3O6S. The van der Waals surface area contributed by atoms with Crippen LogP contribution in [0.5, 0.6) is 0 Å². The predicted molar refractivity (Wildman–Crippen MR) is 136 cm³/mol. The Morgan fingerprint density at radius 2 is 1.75 bits per heavy atom. The average molecular weight is 524 g/mol. The van der Waals surface area contributed by atoms with Gasteiger partial charge in [0.25, 0.3) is 0 Å². The van der Waals surface area contributed by atoms with Crippen LogP contribution in [-0.2, 0) is 19.6 Å². The van der Waals surface area contributed by atoms with Crippen molar-refractivity contribution < 1.29 is 32.6 Å². The van der Waals surface area contributed by atoms with Crippen molar-refractivity contribution in [2.45, 2.75) is 64.8 Å². The number of aromatic nitrogens is 2. The monoisotopic (exact) mass is 523 g/mol. The Morgan fingerprint density at radius 1 is 1.14 bits per heavy atom. The van der Waals surface area contributed by atoms with E-state index in [-0.39, 0.29) is 30.8 Å². The number of nitrogens with zero attached hydrogens (tertiary/aromatic N) is 3. The first-order valence-corrected chi connectivity index (χ1v) is 13.4. The Kier molecular flexibility index (Phi) is 10.1. The SMILES string of the molecule is CC(C)OC(=O)CC(O)CC(O)C=Cc1c(-c2ccc(F)cc2)nc(N(C)S(C)(=O)=O)nc1C(C)C. The molecule has 0 fully saturated rings. The van der Waals surface area contributed by atoms with E-state index in [1.54, 1.807) is 19.9 Å². The topological polar surface area (TPSA) is 130 Å². The van der Waals surface area contributed by atoms with Crippen LogP contribution >= 0.6 is 0 Å². The number of esters is 1. The maximum Gasteiger partial charge on any atom is 0.308 e. The molecule has 0 saturated carbocycles. The van der Waals surface area contributed by atoms with Gasteiger partial charge in [0, 0.05) is 24.6 Å². The number of carbonyl (C=O) groups excluding carboxylic acids is 1. The van der Waals surface area contributed by atoms with Crippen molar-refractivity contribution in [3.63, 3.8) is 0 Å². The van der Waals surface area contributed by atoms with Gasteiger partial charge >= 0.3 is 5.97 Å². The minimum absolute atomic E-state index is 0.0442. The number of ether oxygens (including phenoxy) is 1. The Hall–Kier alpha value is -2.89. The summed E-state index contributed by atoms with van der Waals surface area (Å²) >= 11 is 0. The molecule has 36 heavy (non-hydrogen) atoms. The normalized spacial score (nSPS) is 13.9. The van der Waals surface area contributed by atoms with Crippen LogP contribution < -0.4 is 4.31 Å². The lowest BCUT2D eigenvalue weighted by atomic mass is 9.97. The van der Waals surface area contributed by atoms with Gasteiger partial charge in [0.15, 0.2) is 0 Å². The molecule has 0 bridgehead atoms. The fraction of sp³-hybridized carbons (Fsp3) is 0.480. The molecule has 198 valence electrons. The highest BCUT2D eigenvalue weighted by Crippen LogP contribution is 2.31. The second-order valence-corrected chi connectivity index (χ2v) is 11.1. The fourth-order valence-electron chi connectivity index (χ4n) is 3.35. The van der Waals surface area contributed by atoms with Crippen molar-refractivity contribution in [2.24, 2.45) is 0 Å². The summed E-state index contributed by atoms with van der Waals surface area (Å²) in [7, 11) is -2.31. The molecule has 2 N–H and O–H groups in total. The maximum absolute atomic E-state index is 13.6. The van der Waals surface area contributed by atoms with Crippen molar-refractivity contribution in [3.05, 3.63) is 47.4 Å². The first-order chi connectivity index (χ1) is 16.7. The van der Waals surface area contributed by atoms with Crippen LogP contribution in [0.2, 0.25) is 0 Å². The van der Waals surface area contributed by atoms with Crippen molar-refractivity contribution >= 4 is 28.0 Å². The van der Waals surface area contributed by atoms with E-state index in [0.29, 0.717) is 22.5 Å². The summed E-state index contributed by atoms with van der Waals surface area (Å²) in [6, 6.07) is 5.57. The van der Waals surface area contributed by atoms with Gasteiger partial charge in [-0.2, -0.15) is 0 Å². The van der Waals surface area contributed by atoms with Crippen molar-refractivity contribution in [2.75, 3.05) is 17.6 Å². The molecule has 0 radical (unpaired) electrons. The van der Waals surface area contributed by atoms with Crippen LogP contribution in [-0.4, -0.2) is 66.2 Å². The fourth-order valence-corrected chi connectivity index (χ4v) is 3.73. The molecule has 2 rings (SSSR count). The second kappa shape index (κ2) is 12.4. The molecule has 0 aliphatic carbocycles. The number of benzene rings is 1. The molecule has 1 aromatic carbocycles. The lowest BCUT2D eigenvalue weighted by Gasteiger charge is -2.20. The van der Waals surface area contributed by atoms with E-state index in [9.17, 15) is 27.8 Å². The van der Waals surface area contributed by atoms with Gasteiger partial charge in [-0.3, -0.25) is 4.79 Å². The van der Waals surface area contributed by atoms with E-state index in [0.717, 1.165) is 10.6 Å². The number of hydrogen-bond donors (Lipinski definition) is 2. The van der Waals surface area contributed by atoms with Crippen LogP contribution in [0.15, 0.2) is 30.3 Å². The summed E-state index contributed by atoms with van der Waals surface area (Å²) in [6.45, 7) is 7.15. The zero-order chi connectivity index (χ0) is 27.2. The highest BCUT2D eigenvalue weighted by Gasteiger charge is 2.23. The van der Waals surface area contributed by atoms with Crippen LogP contribution in [0.25, 0.3) is 17.3 Å². The Balaban J connectivity index is 2.48. The van der Waals surface area contributed by atoms with Crippen molar-refractivity contribution in [3.8, 4) is 11.3 Å². The molecule has 1 aromatic heterocycles. The van der Waals surface area contributed by atoms with E-state index in [1.807, 2.05) is 13.8 Å². The first kappa shape index (κ1) is 29.3. The molecule has 11 heteroatoms. The van der Waals surface area contributed by atoms with Crippen LogP contribution in [0.3, 0.4) is 0 Å². The number of aliphatic hydroxyl groups excluding tert-OH is 2. The number of anilines is 1. The summed E-state index contributed by atoms with van der Waals surface area (Å²) < 4.78 is 43.8. The van der Waals surface area contributed by atoms with E-state index >= 15 is 0 Å². The molecule has 2 unspecified atom stereocenters. The Labute approximate surface area is 211 Å². The molecule has 0 aliphatic heterocycles. The molecule has 9 nitrogen and oxygen atoms in total.